The Morgan fingerprint density at radius 2 is 1.92 bits per heavy atom. The van der Waals surface area contributed by atoms with Crippen LogP contribution in [-0.2, 0) is 11.2 Å². The van der Waals surface area contributed by atoms with Crippen molar-refractivity contribution >= 4 is 46.9 Å². The van der Waals surface area contributed by atoms with E-state index in [2.05, 4.69) is 17.3 Å². The summed E-state index contributed by atoms with van der Waals surface area (Å²) in [6, 6.07) is 17.7. The molecule has 1 amide bonds. The Morgan fingerprint density at radius 1 is 1.23 bits per heavy atom. The topological polar surface area (TPSA) is 46.9 Å². The first kappa shape index (κ1) is 18.8. The fourth-order valence-corrected chi connectivity index (χ4v) is 4.82. The van der Waals surface area contributed by atoms with E-state index < -0.39 is 0 Å². The van der Waals surface area contributed by atoms with Crippen LogP contribution in [0.4, 0.5) is 5.69 Å². The van der Waals surface area contributed by atoms with Gasteiger partial charge in [-0.15, -0.1) is 5.10 Å². The maximum Gasteiger partial charge on any atom is 0.237 e. The van der Waals surface area contributed by atoms with E-state index >= 15 is 0 Å². The standard InChI is InChI=1S/C19H19N3OS3/c1-3-14-9-11-15(12-10-14)20-17(23)13(2)25-18-21-22(19(24)26-18)16-7-5-4-6-8-16/h4-13H,3H2,1-2H3,(H,20,23)/t13-/m1/s1. The Balaban J connectivity index is 1.66. The van der Waals surface area contributed by atoms with Crippen LogP contribution < -0.4 is 5.32 Å². The highest BCUT2D eigenvalue weighted by Gasteiger charge is 2.17. The van der Waals surface area contributed by atoms with Gasteiger partial charge in [0.05, 0.1) is 10.9 Å². The van der Waals surface area contributed by atoms with Crippen LogP contribution in [-0.4, -0.2) is 20.9 Å². The average molecular weight is 402 g/mol. The van der Waals surface area contributed by atoms with Gasteiger partial charge in [-0.25, -0.2) is 4.68 Å². The lowest BCUT2D eigenvalue weighted by molar-refractivity contribution is -0.115. The minimum atomic E-state index is -0.273. The van der Waals surface area contributed by atoms with Gasteiger partial charge in [-0.2, -0.15) is 0 Å². The first-order valence-corrected chi connectivity index (χ1v) is 10.4. The number of hydrogen-bond donors (Lipinski definition) is 1. The van der Waals surface area contributed by atoms with Crippen LogP contribution in [0.15, 0.2) is 58.9 Å². The SMILES string of the molecule is CCc1ccc(NC(=O)[C@@H](C)Sc2nn(-c3ccccc3)c(=S)s2)cc1. The summed E-state index contributed by atoms with van der Waals surface area (Å²) in [7, 11) is 0. The molecule has 1 heterocycles. The number of nitrogens with one attached hydrogen (secondary N) is 1. The van der Waals surface area contributed by atoms with Gasteiger partial charge in [-0.3, -0.25) is 4.79 Å². The molecule has 0 aliphatic heterocycles. The number of hydrogen-bond acceptors (Lipinski definition) is 5. The van der Waals surface area contributed by atoms with Gasteiger partial charge in [0.15, 0.2) is 8.29 Å². The molecule has 0 aliphatic rings. The smallest absolute Gasteiger partial charge is 0.237 e. The average Bonchev–Trinajstić information content (AvgIpc) is 3.03. The number of nitrogens with zero attached hydrogens (tertiary/aromatic N) is 2. The maximum atomic E-state index is 12.4. The second-order valence-corrected chi connectivity index (χ2v) is 8.89. The first-order chi connectivity index (χ1) is 12.6. The number of anilines is 1. The molecule has 2 aromatic carbocycles. The summed E-state index contributed by atoms with van der Waals surface area (Å²) < 4.78 is 3.18. The lowest BCUT2D eigenvalue weighted by Gasteiger charge is -2.10. The largest absolute Gasteiger partial charge is 0.325 e. The number of para-hydroxylation sites is 1. The van der Waals surface area contributed by atoms with Crippen LogP contribution in [0.25, 0.3) is 5.69 Å². The van der Waals surface area contributed by atoms with Crippen molar-refractivity contribution in [2.24, 2.45) is 0 Å². The van der Waals surface area contributed by atoms with Gasteiger partial charge in [0, 0.05) is 5.69 Å². The Hall–Kier alpha value is -1.96. The van der Waals surface area contributed by atoms with Crippen LogP contribution in [0.1, 0.15) is 19.4 Å². The number of benzene rings is 2. The molecule has 0 saturated heterocycles. The number of thioether (sulfide) groups is 1. The highest BCUT2D eigenvalue weighted by atomic mass is 32.2. The lowest BCUT2D eigenvalue weighted by atomic mass is 10.1. The van der Waals surface area contributed by atoms with Gasteiger partial charge in [-0.1, -0.05) is 60.4 Å². The number of aryl methyl sites for hydroxylation is 1. The fraction of sp³-hybridized carbons (Fsp3) is 0.211. The number of carbonyl (C=O) groups is 1. The van der Waals surface area contributed by atoms with Crippen LogP contribution in [0.3, 0.4) is 0 Å². The quantitative estimate of drug-likeness (QED) is 0.447. The Bertz CT molecular complexity index is 933. The number of amides is 1. The Labute approximate surface area is 166 Å². The second kappa shape index (κ2) is 8.62. The molecule has 7 heteroatoms. The van der Waals surface area contributed by atoms with Crippen molar-refractivity contribution in [2.75, 3.05) is 5.32 Å². The molecule has 4 nitrogen and oxygen atoms in total. The summed E-state index contributed by atoms with van der Waals surface area (Å²) in [6.07, 6.45) is 0.982. The number of aromatic nitrogens is 2. The van der Waals surface area contributed by atoms with Crippen molar-refractivity contribution in [1.82, 2.24) is 9.78 Å². The maximum absolute atomic E-state index is 12.4. The van der Waals surface area contributed by atoms with Gasteiger partial charge in [0.25, 0.3) is 0 Å². The molecule has 3 rings (SSSR count). The minimum Gasteiger partial charge on any atom is -0.325 e. The molecule has 0 radical (unpaired) electrons. The minimum absolute atomic E-state index is 0.0494. The molecule has 1 N–H and O–H groups in total. The summed E-state index contributed by atoms with van der Waals surface area (Å²) in [5, 5.41) is 7.22. The zero-order chi connectivity index (χ0) is 18.5. The van der Waals surface area contributed by atoms with Crippen molar-refractivity contribution in [2.45, 2.75) is 29.9 Å². The van der Waals surface area contributed by atoms with E-state index in [-0.39, 0.29) is 11.2 Å². The third-order valence-corrected chi connectivity index (χ3v) is 6.22. The van der Waals surface area contributed by atoms with E-state index in [1.165, 1.54) is 28.7 Å². The van der Waals surface area contributed by atoms with Crippen molar-refractivity contribution < 1.29 is 4.79 Å². The Morgan fingerprint density at radius 3 is 2.58 bits per heavy atom. The molecular formula is C19H19N3OS3. The third-order valence-electron chi connectivity index (χ3n) is 3.81. The van der Waals surface area contributed by atoms with Crippen LogP contribution >= 0.6 is 35.3 Å². The fourth-order valence-electron chi connectivity index (χ4n) is 2.31. The predicted octanol–water partition coefficient (Wildman–Crippen LogP) is 5.34. The van der Waals surface area contributed by atoms with E-state index in [0.717, 1.165) is 22.1 Å². The summed E-state index contributed by atoms with van der Waals surface area (Å²) >= 11 is 8.24. The summed E-state index contributed by atoms with van der Waals surface area (Å²) in [6.45, 7) is 3.98. The number of carbonyl (C=O) groups excluding carboxylic acids is 1. The molecule has 0 spiro atoms. The van der Waals surface area contributed by atoms with Gasteiger partial charge in [0.2, 0.25) is 5.91 Å². The summed E-state index contributed by atoms with van der Waals surface area (Å²) in [5.41, 5.74) is 2.98. The summed E-state index contributed by atoms with van der Waals surface area (Å²) in [5.74, 6) is -0.0494. The molecule has 1 atom stereocenters. The molecule has 0 aliphatic carbocycles. The van der Waals surface area contributed by atoms with Gasteiger partial charge in [-0.05, 0) is 55.4 Å². The van der Waals surface area contributed by atoms with E-state index in [4.69, 9.17) is 12.2 Å². The molecule has 0 bridgehead atoms. The highest BCUT2D eigenvalue weighted by Crippen LogP contribution is 2.28. The molecule has 0 fully saturated rings. The third kappa shape index (κ3) is 4.60. The molecule has 26 heavy (non-hydrogen) atoms. The van der Waals surface area contributed by atoms with Crippen LogP contribution in [0, 0.1) is 3.95 Å². The van der Waals surface area contributed by atoms with Crippen molar-refractivity contribution in [3.05, 3.63) is 64.1 Å². The molecule has 0 saturated carbocycles. The van der Waals surface area contributed by atoms with Gasteiger partial charge >= 0.3 is 0 Å². The van der Waals surface area contributed by atoms with E-state index in [9.17, 15) is 4.79 Å². The Kier molecular flexibility index (Phi) is 6.24. The molecule has 1 aromatic heterocycles. The molecular weight excluding hydrogens is 382 g/mol. The monoisotopic (exact) mass is 401 g/mol. The van der Waals surface area contributed by atoms with Gasteiger partial charge < -0.3 is 5.32 Å². The van der Waals surface area contributed by atoms with Crippen molar-refractivity contribution in [3.8, 4) is 5.69 Å². The highest BCUT2D eigenvalue weighted by molar-refractivity contribution is 8.02. The zero-order valence-electron chi connectivity index (χ0n) is 14.5. The first-order valence-electron chi connectivity index (χ1n) is 8.29. The van der Waals surface area contributed by atoms with Crippen LogP contribution in [0.5, 0.6) is 0 Å². The lowest BCUT2D eigenvalue weighted by Crippen LogP contribution is -2.22. The molecule has 134 valence electrons. The zero-order valence-corrected chi connectivity index (χ0v) is 17.0. The van der Waals surface area contributed by atoms with E-state index in [1.54, 1.807) is 4.68 Å². The normalized spacial score (nSPS) is 11.9. The molecule has 3 aromatic rings. The summed E-state index contributed by atoms with van der Waals surface area (Å²) in [4.78, 5) is 12.4. The second-order valence-electron chi connectivity index (χ2n) is 5.68. The predicted molar refractivity (Wildman–Crippen MR) is 112 cm³/mol. The van der Waals surface area contributed by atoms with Crippen molar-refractivity contribution in [1.29, 1.82) is 0 Å². The van der Waals surface area contributed by atoms with Crippen LogP contribution in [0.2, 0.25) is 0 Å². The van der Waals surface area contributed by atoms with E-state index in [0.29, 0.717) is 3.95 Å². The van der Waals surface area contributed by atoms with E-state index in [1.807, 2.05) is 61.5 Å². The molecule has 0 unspecified atom stereocenters. The van der Waals surface area contributed by atoms with Gasteiger partial charge in [0.1, 0.15) is 0 Å². The van der Waals surface area contributed by atoms with Crippen molar-refractivity contribution in [3.63, 3.8) is 0 Å². The number of rotatable bonds is 6.